The van der Waals surface area contributed by atoms with Crippen molar-refractivity contribution in [2.45, 2.75) is 31.6 Å². The zero-order valence-corrected chi connectivity index (χ0v) is 18.3. The molecule has 0 amide bonds. The van der Waals surface area contributed by atoms with Gasteiger partial charge in [0.1, 0.15) is 36.3 Å². The van der Waals surface area contributed by atoms with Crippen LogP contribution in [0, 0.1) is 11.3 Å². The molecular formula is C25H24N2O6. The number of rotatable bonds is 8. The molecule has 170 valence electrons. The van der Waals surface area contributed by atoms with Gasteiger partial charge < -0.3 is 24.6 Å². The molecule has 1 aliphatic rings. The first kappa shape index (κ1) is 23.8. The van der Waals surface area contributed by atoms with Gasteiger partial charge in [0.2, 0.25) is 0 Å². The summed E-state index contributed by atoms with van der Waals surface area (Å²) in [5, 5.41) is 23.4. The Balaban J connectivity index is 1.83. The number of carbonyl (C=O) groups is 1. The minimum absolute atomic E-state index is 0.0113. The van der Waals surface area contributed by atoms with Gasteiger partial charge in [-0.2, -0.15) is 5.26 Å². The van der Waals surface area contributed by atoms with E-state index in [9.17, 15) is 20.0 Å². The Kier molecular flexibility index (Phi) is 7.65. The highest BCUT2D eigenvalue weighted by atomic mass is 16.6. The maximum Gasteiger partial charge on any atom is 0.343 e. The van der Waals surface area contributed by atoms with Crippen LogP contribution in [0.4, 0.5) is 0 Å². The molecule has 8 heteroatoms. The highest BCUT2D eigenvalue weighted by Crippen LogP contribution is 2.40. The van der Waals surface area contributed by atoms with Crippen LogP contribution in [-0.4, -0.2) is 41.9 Å². The molecule has 2 aromatic rings. The van der Waals surface area contributed by atoms with Crippen LogP contribution in [-0.2, 0) is 14.3 Å². The number of nitrogens with zero attached hydrogens (tertiary/aromatic N) is 1. The molecule has 1 heterocycles. The van der Waals surface area contributed by atoms with Crippen LogP contribution in [0.3, 0.4) is 0 Å². The summed E-state index contributed by atoms with van der Waals surface area (Å²) in [5.74, 6) is 1.70. The molecule has 2 atom stereocenters. The van der Waals surface area contributed by atoms with Crippen LogP contribution in [0.25, 0.3) is 0 Å². The minimum atomic E-state index is -0.969. The first-order valence-electron chi connectivity index (χ1n) is 10.3. The molecule has 0 fully saturated rings. The summed E-state index contributed by atoms with van der Waals surface area (Å²) in [6, 6.07) is 14.9. The van der Waals surface area contributed by atoms with Crippen molar-refractivity contribution in [2.75, 3.05) is 13.2 Å². The fourth-order valence-corrected chi connectivity index (χ4v) is 3.38. The molecule has 0 aromatic heterocycles. The molecule has 3 rings (SSSR count). The van der Waals surface area contributed by atoms with Crippen molar-refractivity contribution in [1.82, 2.24) is 5.32 Å². The molecule has 0 saturated heterocycles. The standard InChI is InChI=1S/C25H24N2O6/c1-25(2)23(29)22(20-13-17(14-26)9-10-21(20)33-25)27-15-19(16-31-12-6-11-28)32-24(30)18-7-4-3-5-8-18/h3-10,13,16,22-23,27,29H,12,15H2,1-2H3/t22-,23+/m0/s1. The fourth-order valence-electron chi connectivity index (χ4n) is 3.38. The number of nitriles is 1. The number of hydrogen-bond acceptors (Lipinski definition) is 8. The Bertz CT molecular complexity index is 1110. The van der Waals surface area contributed by atoms with Crippen molar-refractivity contribution in [1.29, 1.82) is 5.26 Å². The van der Waals surface area contributed by atoms with Crippen LogP contribution in [0.5, 0.6) is 5.75 Å². The molecule has 8 nitrogen and oxygen atoms in total. The third kappa shape index (κ3) is 5.88. The van der Waals surface area contributed by atoms with Crippen molar-refractivity contribution in [2.24, 2.45) is 0 Å². The second-order valence-electron chi connectivity index (χ2n) is 7.87. The second-order valence-corrected chi connectivity index (χ2v) is 7.87. The summed E-state index contributed by atoms with van der Waals surface area (Å²) in [7, 11) is 0. The number of hydrogen-bond donors (Lipinski definition) is 2. The average Bonchev–Trinajstić information content (AvgIpc) is 2.82. The quantitative estimate of drug-likeness (QED) is 0.274. The van der Waals surface area contributed by atoms with E-state index in [4.69, 9.17) is 14.2 Å². The van der Waals surface area contributed by atoms with E-state index < -0.39 is 23.7 Å². The molecule has 0 spiro atoms. The Morgan fingerprint density at radius 1 is 1.27 bits per heavy atom. The molecule has 2 aromatic carbocycles. The van der Waals surface area contributed by atoms with E-state index in [0.717, 1.165) is 6.08 Å². The normalized spacial score (nSPS) is 18.7. The number of benzene rings is 2. The van der Waals surface area contributed by atoms with Gasteiger partial charge in [0.05, 0.1) is 29.8 Å². The second kappa shape index (κ2) is 10.6. The van der Waals surface area contributed by atoms with Gasteiger partial charge in [-0.25, -0.2) is 9.59 Å². The van der Waals surface area contributed by atoms with E-state index in [2.05, 4.69) is 11.4 Å². The van der Waals surface area contributed by atoms with Gasteiger partial charge in [-0.3, -0.25) is 0 Å². The molecule has 1 aliphatic heterocycles. The summed E-state index contributed by atoms with van der Waals surface area (Å²) < 4.78 is 16.7. The first-order valence-corrected chi connectivity index (χ1v) is 10.3. The lowest BCUT2D eigenvalue weighted by Crippen LogP contribution is -2.52. The van der Waals surface area contributed by atoms with Crippen molar-refractivity contribution in [3.05, 3.63) is 83.3 Å². The van der Waals surface area contributed by atoms with Crippen molar-refractivity contribution in [3.63, 3.8) is 0 Å². The van der Waals surface area contributed by atoms with E-state index in [1.807, 2.05) is 0 Å². The number of ether oxygens (including phenoxy) is 3. The van der Waals surface area contributed by atoms with Crippen molar-refractivity contribution < 1.29 is 28.9 Å². The van der Waals surface area contributed by atoms with E-state index in [-0.39, 0.29) is 18.9 Å². The van der Waals surface area contributed by atoms with E-state index >= 15 is 0 Å². The molecular weight excluding hydrogens is 424 g/mol. The number of aliphatic hydroxyl groups excluding tert-OH is 1. The van der Waals surface area contributed by atoms with Crippen LogP contribution in [0.15, 0.2) is 66.6 Å². The molecule has 0 radical (unpaired) electrons. The predicted molar refractivity (Wildman–Crippen MR) is 119 cm³/mol. The summed E-state index contributed by atoms with van der Waals surface area (Å²) in [5.41, 5.74) is 0.479. The summed E-state index contributed by atoms with van der Waals surface area (Å²) in [4.78, 5) is 22.9. The van der Waals surface area contributed by atoms with Crippen LogP contribution >= 0.6 is 0 Å². The van der Waals surface area contributed by atoms with Gasteiger partial charge in [-0.05, 0) is 44.2 Å². The lowest BCUT2D eigenvalue weighted by atomic mass is 9.86. The third-order valence-electron chi connectivity index (χ3n) is 5.08. The number of fused-ring (bicyclic) bond motifs is 1. The molecule has 0 unspecified atom stereocenters. The maximum atomic E-state index is 12.5. The summed E-state index contributed by atoms with van der Waals surface area (Å²) >= 11 is 0. The predicted octanol–water partition coefficient (Wildman–Crippen LogP) is 2.82. The molecule has 0 saturated carbocycles. The molecule has 0 bridgehead atoms. The topological polar surface area (TPSA) is 118 Å². The Labute approximate surface area is 191 Å². The third-order valence-corrected chi connectivity index (χ3v) is 5.08. The number of esters is 1. The van der Waals surface area contributed by atoms with Crippen LogP contribution < -0.4 is 10.1 Å². The Hall–Kier alpha value is -3.89. The van der Waals surface area contributed by atoms with Gasteiger partial charge >= 0.3 is 5.97 Å². The van der Waals surface area contributed by atoms with Crippen molar-refractivity contribution >= 4 is 11.9 Å². The zero-order chi connectivity index (χ0) is 23.8. The van der Waals surface area contributed by atoms with Gasteiger partial charge in [-0.15, -0.1) is 0 Å². The SMILES string of the molecule is CC1(C)Oc2ccc(C#N)cc2[C@H](NCC(=COCC=C=O)OC(=O)c2ccccc2)[C@H]1O. The van der Waals surface area contributed by atoms with Gasteiger partial charge in [-0.1, -0.05) is 18.2 Å². The van der Waals surface area contributed by atoms with Crippen molar-refractivity contribution in [3.8, 4) is 11.8 Å². The smallest absolute Gasteiger partial charge is 0.343 e. The minimum Gasteiger partial charge on any atom is -0.493 e. The number of carbonyl (C=O) groups excluding carboxylic acids is 2. The zero-order valence-electron chi connectivity index (χ0n) is 18.3. The molecule has 2 N–H and O–H groups in total. The highest BCUT2D eigenvalue weighted by Gasteiger charge is 2.43. The number of aliphatic hydroxyl groups is 1. The van der Waals surface area contributed by atoms with E-state index in [1.54, 1.807) is 68.3 Å². The Morgan fingerprint density at radius 3 is 2.73 bits per heavy atom. The van der Waals surface area contributed by atoms with Crippen LogP contribution in [0.1, 0.15) is 41.4 Å². The van der Waals surface area contributed by atoms with Gasteiger partial charge in [0.25, 0.3) is 0 Å². The number of nitrogens with one attached hydrogen (secondary N) is 1. The van der Waals surface area contributed by atoms with Gasteiger partial charge in [0.15, 0.2) is 5.76 Å². The molecule has 33 heavy (non-hydrogen) atoms. The average molecular weight is 448 g/mol. The lowest BCUT2D eigenvalue weighted by molar-refractivity contribution is -0.0644. The van der Waals surface area contributed by atoms with E-state index in [1.165, 1.54) is 6.26 Å². The monoisotopic (exact) mass is 448 g/mol. The Morgan fingerprint density at radius 2 is 2.03 bits per heavy atom. The fraction of sp³-hybridized carbons (Fsp3) is 0.280. The first-order chi connectivity index (χ1) is 15.9. The highest BCUT2D eigenvalue weighted by molar-refractivity contribution is 5.90. The largest absolute Gasteiger partial charge is 0.493 e. The van der Waals surface area contributed by atoms with Gasteiger partial charge in [0, 0.05) is 11.6 Å². The summed E-state index contributed by atoms with van der Waals surface area (Å²) in [6.45, 7) is 3.48. The van der Waals surface area contributed by atoms with Crippen LogP contribution in [0.2, 0.25) is 0 Å². The van der Waals surface area contributed by atoms with E-state index in [0.29, 0.717) is 22.4 Å². The maximum absolute atomic E-state index is 12.5. The molecule has 0 aliphatic carbocycles. The summed E-state index contributed by atoms with van der Waals surface area (Å²) in [6.07, 6.45) is 1.40. The lowest BCUT2D eigenvalue weighted by Gasteiger charge is -2.42.